The molecule has 0 fully saturated rings. The fraction of sp³-hybridized carbons (Fsp3) is 0.941. The van der Waals surface area contributed by atoms with E-state index in [4.69, 9.17) is 0 Å². The Kier molecular flexibility index (Phi) is 19.9. The summed E-state index contributed by atoms with van der Waals surface area (Å²) < 4.78 is 0. The summed E-state index contributed by atoms with van der Waals surface area (Å²) in [5.41, 5.74) is 0. The topological polar surface area (TPSA) is 40.1 Å². The quantitative estimate of drug-likeness (QED) is 0.359. The second-order valence-electron chi connectivity index (χ2n) is 5.90. The molecule has 0 aliphatic rings. The van der Waals surface area contributed by atoms with Gasteiger partial charge in [-0.3, -0.25) is 0 Å². The van der Waals surface area contributed by atoms with Gasteiger partial charge in [0.05, 0.1) is 0 Å². The Bertz CT molecular complexity index is 207. The Morgan fingerprint density at radius 3 is 1.50 bits per heavy atom. The number of carbonyl (C=O) groups is 1. The maximum atomic E-state index is 10.5. The minimum Gasteiger partial charge on any atom is -0.550 e. The second-order valence-corrected chi connectivity index (χ2v) is 5.90. The zero-order valence-electron chi connectivity index (χ0n) is 14.1. The van der Waals surface area contributed by atoms with Gasteiger partial charge in [0.15, 0.2) is 0 Å². The average Bonchev–Trinajstić information content (AvgIpc) is 2.39. The van der Waals surface area contributed by atoms with Crippen molar-refractivity contribution in [1.82, 2.24) is 0 Å². The van der Waals surface area contributed by atoms with Crippen molar-refractivity contribution in [2.24, 2.45) is 5.92 Å². The maximum Gasteiger partial charge on any atom is 1.00 e. The molecule has 1 unspecified atom stereocenters. The molecule has 1 atom stereocenters. The minimum absolute atomic E-state index is 0. The number of hydrogen-bond acceptors (Lipinski definition) is 2. The maximum absolute atomic E-state index is 10.5. The number of aliphatic carboxylic acids is 1. The van der Waals surface area contributed by atoms with Gasteiger partial charge in [-0.1, -0.05) is 90.9 Å². The van der Waals surface area contributed by atoms with Crippen LogP contribution in [0.1, 0.15) is 97.3 Å². The summed E-state index contributed by atoms with van der Waals surface area (Å²) in [4.78, 5) is 10.5. The van der Waals surface area contributed by atoms with E-state index in [1.165, 1.54) is 70.6 Å². The van der Waals surface area contributed by atoms with Gasteiger partial charge in [-0.2, -0.15) is 0 Å². The Labute approximate surface area is 148 Å². The molecule has 0 aromatic carbocycles. The normalized spacial score (nSPS) is 11.9. The predicted molar refractivity (Wildman–Crippen MR) is 79.9 cm³/mol. The van der Waals surface area contributed by atoms with E-state index >= 15 is 0 Å². The molecule has 0 saturated carbocycles. The van der Waals surface area contributed by atoms with Crippen molar-refractivity contribution < 1.29 is 39.5 Å². The van der Waals surface area contributed by atoms with Crippen molar-refractivity contribution in [1.29, 1.82) is 0 Å². The third kappa shape index (κ3) is 16.5. The second kappa shape index (κ2) is 17.5. The number of carboxylic acid groups (broad SMARTS) is 1. The van der Waals surface area contributed by atoms with Gasteiger partial charge in [0.25, 0.3) is 0 Å². The molecule has 0 N–H and O–H groups in total. The molecule has 0 amide bonds. The largest absolute Gasteiger partial charge is 1.00 e. The molecular formula is C17H33NaO2. The van der Waals surface area contributed by atoms with Gasteiger partial charge < -0.3 is 9.90 Å². The third-order valence-corrected chi connectivity index (χ3v) is 3.89. The van der Waals surface area contributed by atoms with Crippen LogP contribution in [0, 0.1) is 5.92 Å². The van der Waals surface area contributed by atoms with Crippen LogP contribution in [0.4, 0.5) is 0 Å². The fourth-order valence-corrected chi connectivity index (χ4v) is 2.41. The van der Waals surface area contributed by atoms with Crippen LogP contribution in [-0.4, -0.2) is 5.97 Å². The van der Waals surface area contributed by atoms with Gasteiger partial charge in [-0.25, -0.2) is 0 Å². The van der Waals surface area contributed by atoms with E-state index in [0.717, 1.165) is 12.8 Å². The molecule has 114 valence electrons. The Balaban J connectivity index is 0. The summed E-state index contributed by atoms with van der Waals surface area (Å²) in [5.74, 6) is -1.17. The Morgan fingerprint density at radius 1 is 0.800 bits per heavy atom. The number of carboxylic acids is 1. The van der Waals surface area contributed by atoms with Crippen LogP contribution in [0.3, 0.4) is 0 Å². The first kappa shape index (κ1) is 22.7. The van der Waals surface area contributed by atoms with Crippen LogP contribution in [0.25, 0.3) is 0 Å². The number of unbranched alkanes of at least 4 members (excludes halogenated alkanes) is 11. The zero-order chi connectivity index (χ0) is 14.3. The molecule has 0 heterocycles. The predicted octanol–water partition coefficient (Wildman–Crippen LogP) is 1.47. The van der Waals surface area contributed by atoms with Crippen molar-refractivity contribution in [2.75, 3.05) is 0 Å². The van der Waals surface area contributed by atoms with E-state index in [9.17, 15) is 9.90 Å². The molecule has 0 aliphatic carbocycles. The van der Waals surface area contributed by atoms with Crippen LogP contribution in [-0.2, 0) is 4.79 Å². The van der Waals surface area contributed by atoms with Gasteiger partial charge >= 0.3 is 29.6 Å². The summed E-state index contributed by atoms with van der Waals surface area (Å²) in [6.45, 7) is 4.00. The van der Waals surface area contributed by atoms with Crippen molar-refractivity contribution >= 4 is 5.97 Å². The molecule has 3 heteroatoms. The molecule has 0 saturated heterocycles. The van der Waals surface area contributed by atoms with Crippen molar-refractivity contribution in [3.8, 4) is 0 Å². The molecule has 0 spiro atoms. The minimum atomic E-state index is -0.900. The van der Waals surface area contributed by atoms with E-state index in [1.807, 2.05) is 0 Å². The van der Waals surface area contributed by atoms with Gasteiger partial charge in [0.1, 0.15) is 0 Å². The molecule has 0 bridgehead atoms. The first-order chi connectivity index (χ1) is 9.18. The molecule has 2 nitrogen and oxygen atoms in total. The molecular weight excluding hydrogens is 259 g/mol. The van der Waals surface area contributed by atoms with Crippen LogP contribution >= 0.6 is 0 Å². The molecule has 0 aromatic heterocycles. The smallest absolute Gasteiger partial charge is 0.550 e. The molecule has 20 heavy (non-hydrogen) atoms. The van der Waals surface area contributed by atoms with E-state index in [-0.39, 0.29) is 35.5 Å². The molecule has 0 aromatic rings. The summed E-state index contributed by atoms with van der Waals surface area (Å²) in [6.07, 6.45) is 16.6. The van der Waals surface area contributed by atoms with Gasteiger partial charge in [-0.15, -0.1) is 0 Å². The van der Waals surface area contributed by atoms with Crippen molar-refractivity contribution in [3.63, 3.8) is 0 Å². The molecule has 0 aliphatic heterocycles. The Morgan fingerprint density at radius 2 is 1.15 bits per heavy atom. The SMILES string of the molecule is CCCCCCCCCCCCCCC(C)C(=O)[O-].[Na+]. The number of carbonyl (C=O) groups excluding carboxylic acids is 1. The Hall–Kier alpha value is 0.470. The monoisotopic (exact) mass is 292 g/mol. The van der Waals surface area contributed by atoms with Crippen LogP contribution in [0.5, 0.6) is 0 Å². The van der Waals surface area contributed by atoms with Crippen molar-refractivity contribution in [2.45, 2.75) is 97.3 Å². The molecule has 0 rings (SSSR count). The van der Waals surface area contributed by atoms with E-state index in [1.54, 1.807) is 6.92 Å². The van der Waals surface area contributed by atoms with E-state index in [2.05, 4.69) is 6.92 Å². The summed E-state index contributed by atoms with van der Waals surface area (Å²) in [5, 5.41) is 10.5. The van der Waals surface area contributed by atoms with E-state index in [0.29, 0.717) is 0 Å². The standard InChI is InChI=1S/C17H34O2.Na/c1-3-4-5-6-7-8-9-10-11-12-13-14-15-16(2)17(18)19;/h16H,3-15H2,1-2H3,(H,18,19);/q;+1/p-1. The van der Waals surface area contributed by atoms with Crippen LogP contribution in [0.2, 0.25) is 0 Å². The van der Waals surface area contributed by atoms with Crippen molar-refractivity contribution in [3.05, 3.63) is 0 Å². The number of rotatable bonds is 14. The average molecular weight is 292 g/mol. The van der Waals surface area contributed by atoms with Gasteiger partial charge in [0.2, 0.25) is 0 Å². The summed E-state index contributed by atoms with van der Waals surface area (Å²) in [6, 6.07) is 0. The van der Waals surface area contributed by atoms with Gasteiger partial charge in [-0.05, 0) is 12.3 Å². The van der Waals surface area contributed by atoms with E-state index < -0.39 is 5.97 Å². The molecule has 0 radical (unpaired) electrons. The first-order valence-electron chi connectivity index (χ1n) is 8.39. The van der Waals surface area contributed by atoms with Crippen LogP contribution in [0.15, 0.2) is 0 Å². The first-order valence-corrected chi connectivity index (χ1v) is 8.39. The fourth-order valence-electron chi connectivity index (χ4n) is 2.41. The summed E-state index contributed by atoms with van der Waals surface area (Å²) in [7, 11) is 0. The third-order valence-electron chi connectivity index (χ3n) is 3.89. The number of hydrogen-bond donors (Lipinski definition) is 0. The van der Waals surface area contributed by atoms with Gasteiger partial charge in [0, 0.05) is 5.97 Å². The van der Waals surface area contributed by atoms with Crippen LogP contribution < -0.4 is 34.7 Å². The summed E-state index contributed by atoms with van der Waals surface area (Å²) >= 11 is 0. The zero-order valence-corrected chi connectivity index (χ0v) is 16.1.